The number of carbonyl (C=O) groups excluding carboxylic acids is 3. The monoisotopic (exact) mass is 220 g/mol. The van der Waals surface area contributed by atoms with Gasteiger partial charge in [0, 0.05) is 13.8 Å². The predicted molar refractivity (Wildman–Crippen MR) is 35.4 cm³/mol. The summed E-state index contributed by atoms with van der Waals surface area (Å²) in [6.07, 6.45) is 0. The molecule has 5 heteroatoms. The van der Waals surface area contributed by atoms with Crippen LogP contribution < -0.4 is 0 Å². The van der Waals surface area contributed by atoms with E-state index in [2.05, 4.69) is 4.74 Å². The topological polar surface area (TPSA) is 60.4 Å². The Bertz CT molecular complexity index is 171. The molecule has 0 rings (SSSR count). The number of ether oxygens (including phenoxy) is 1. The third-order valence-electron chi connectivity index (χ3n) is 0.524. The van der Waals surface area contributed by atoms with Gasteiger partial charge in [0.25, 0.3) is 0 Å². The average Bonchev–Trinajstić information content (AvgIpc) is 1.63. The molecule has 0 saturated carbocycles. The summed E-state index contributed by atoms with van der Waals surface area (Å²) in [7, 11) is 0. The molecule has 0 aromatic rings. The molecule has 0 amide bonds. The van der Waals surface area contributed by atoms with E-state index in [0.29, 0.717) is 0 Å². The number of ketones is 1. The van der Waals surface area contributed by atoms with Gasteiger partial charge in [0.2, 0.25) is 5.78 Å². The van der Waals surface area contributed by atoms with Crippen LogP contribution in [0.3, 0.4) is 0 Å². The molecule has 0 aromatic heterocycles. The Labute approximate surface area is 98.2 Å². The Morgan fingerprint density at radius 3 is 1.70 bits per heavy atom. The summed E-state index contributed by atoms with van der Waals surface area (Å²) in [4.78, 5) is 30.2. The van der Waals surface area contributed by atoms with Crippen LogP contribution in [-0.4, -0.2) is 63.2 Å². The Hall–Kier alpha value is 0.291. The zero-order chi connectivity index (χ0) is 7.44. The van der Waals surface area contributed by atoms with Crippen molar-refractivity contribution in [3.8, 4) is 0 Å². The maximum atomic E-state index is 10.2. The Balaban J connectivity index is -0.000000107. The zero-order valence-corrected chi connectivity index (χ0v) is 9.32. The van der Waals surface area contributed by atoms with Gasteiger partial charge in [0.15, 0.2) is 0 Å². The first kappa shape index (κ1) is 12.9. The molecule has 0 fully saturated rings. The zero-order valence-electron chi connectivity index (χ0n) is 7.84. The maximum Gasteiger partial charge on any atom is 2.00 e. The van der Waals surface area contributed by atoms with Crippen molar-refractivity contribution in [2.24, 2.45) is 0 Å². The first-order chi connectivity index (χ1) is 4.04. The third-order valence-corrected chi connectivity index (χ3v) is 0.524. The van der Waals surface area contributed by atoms with Crippen molar-refractivity contribution < 1.29 is 22.0 Å². The van der Waals surface area contributed by atoms with E-state index in [1.807, 2.05) is 0 Å². The van der Waals surface area contributed by atoms with Gasteiger partial charge in [-0.2, -0.15) is 0 Å². The van der Waals surface area contributed by atoms with Gasteiger partial charge in [0.05, 0.1) is 0 Å². The molecule has 0 heterocycles. The van der Waals surface area contributed by atoms with Gasteiger partial charge in [-0.15, -0.1) is 0 Å². The molecule has 0 aliphatic carbocycles. The number of Topliss-reactive ketones (excluding diaryl/α,β-unsaturated/α-hetero) is 1. The molecule has 0 bridgehead atoms. The molecule has 0 aliphatic heterocycles. The van der Waals surface area contributed by atoms with Gasteiger partial charge in [-0.25, -0.2) is 4.79 Å². The second-order valence-corrected chi connectivity index (χ2v) is 1.44. The largest absolute Gasteiger partial charge is 2.00 e. The smallest absolute Gasteiger partial charge is 1.00 e. The molecule has 0 aromatic carbocycles. The standard InChI is InChI=1S/C5H6O4.Sr.2H/c1-3(6)5(8)9-4(2)7;;;/h1-2H3;;;/q;+2;2*-1. The van der Waals surface area contributed by atoms with Crippen LogP contribution in [0.1, 0.15) is 16.7 Å². The summed E-state index contributed by atoms with van der Waals surface area (Å²) in [5.74, 6) is -2.65. The van der Waals surface area contributed by atoms with E-state index in [4.69, 9.17) is 0 Å². The van der Waals surface area contributed by atoms with E-state index in [1.54, 1.807) is 0 Å². The number of hydrogen-bond donors (Lipinski definition) is 0. The van der Waals surface area contributed by atoms with Crippen molar-refractivity contribution in [2.45, 2.75) is 13.8 Å². The van der Waals surface area contributed by atoms with E-state index in [9.17, 15) is 14.4 Å². The van der Waals surface area contributed by atoms with Gasteiger partial charge in [-0.3, -0.25) is 9.59 Å². The van der Waals surface area contributed by atoms with Crippen LogP contribution in [-0.2, 0) is 19.1 Å². The predicted octanol–water partition coefficient (Wildman–Crippen LogP) is -0.491. The second kappa shape index (κ2) is 6.03. The van der Waals surface area contributed by atoms with Crippen LogP contribution in [0.5, 0.6) is 0 Å². The first-order valence-electron chi connectivity index (χ1n) is 2.27. The van der Waals surface area contributed by atoms with Crippen molar-refractivity contribution in [1.82, 2.24) is 0 Å². The number of rotatable bonds is 1. The van der Waals surface area contributed by atoms with Crippen LogP contribution in [0.15, 0.2) is 0 Å². The molecule has 0 aliphatic rings. The molecule has 0 unspecified atom stereocenters. The first-order valence-corrected chi connectivity index (χ1v) is 2.27. The summed E-state index contributed by atoms with van der Waals surface area (Å²) in [6, 6.07) is 0. The van der Waals surface area contributed by atoms with Gasteiger partial charge < -0.3 is 7.59 Å². The van der Waals surface area contributed by atoms with Gasteiger partial charge in [-0.1, -0.05) is 0 Å². The van der Waals surface area contributed by atoms with E-state index in [-0.39, 0.29) is 48.3 Å². The minimum absolute atomic E-state index is 0. The normalized spacial score (nSPS) is 7.40. The van der Waals surface area contributed by atoms with Crippen LogP contribution >= 0.6 is 0 Å². The fourth-order valence-electron chi connectivity index (χ4n) is 0.202. The van der Waals surface area contributed by atoms with E-state index < -0.39 is 17.7 Å². The molecular weight excluding hydrogens is 212 g/mol. The molecular formula is C5H8O4Sr. The van der Waals surface area contributed by atoms with Crippen molar-refractivity contribution in [2.75, 3.05) is 0 Å². The summed E-state index contributed by atoms with van der Waals surface area (Å²) >= 11 is 0. The fraction of sp³-hybridized carbons (Fsp3) is 0.400. The molecule has 0 spiro atoms. The molecule has 0 N–H and O–H groups in total. The number of esters is 2. The Morgan fingerprint density at radius 1 is 1.20 bits per heavy atom. The van der Waals surface area contributed by atoms with E-state index >= 15 is 0 Å². The van der Waals surface area contributed by atoms with Crippen molar-refractivity contribution >= 4 is 63.2 Å². The van der Waals surface area contributed by atoms with E-state index in [0.717, 1.165) is 13.8 Å². The van der Waals surface area contributed by atoms with Gasteiger partial charge in [0.1, 0.15) is 0 Å². The van der Waals surface area contributed by atoms with Crippen molar-refractivity contribution in [3.63, 3.8) is 0 Å². The van der Waals surface area contributed by atoms with E-state index in [1.165, 1.54) is 0 Å². The van der Waals surface area contributed by atoms with Crippen molar-refractivity contribution in [3.05, 3.63) is 0 Å². The minimum Gasteiger partial charge on any atom is -1.00 e. The molecule has 10 heavy (non-hydrogen) atoms. The van der Waals surface area contributed by atoms with Gasteiger partial charge in [-0.05, 0) is 0 Å². The van der Waals surface area contributed by atoms with Crippen LogP contribution in [0.4, 0.5) is 0 Å². The summed E-state index contributed by atoms with van der Waals surface area (Å²) in [6.45, 7) is 2.09. The van der Waals surface area contributed by atoms with Gasteiger partial charge >= 0.3 is 57.4 Å². The van der Waals surface area contributed by atoms with Crippen LogP contribution in [0.2, 0.25) is 0 Å². The average molecular weight is 220 g/mol. The molecule has 0 radical (unpaired) electrons. The fourth-order valence-corrected chi connectivity index (χ4v) is 0.202. The quantitative estimate of drug-likeness (QED) is 0.259. The third kappa shape index (κ3) is 6.41. The summed E-state index contributed by atoms with van der Waals surface area (Å²) in [5.41, 5.74) is 0. The summed E-state index contributed by atoms with van der Waals surface area (Å²) in [5, 5.41) is 0. The number of hydrogen-bond acceptors (Lipinski definition) is 4. The Kier molecular flexibility index (Phi) is 7.79. The molecule has 4 nitrogen and oxygen atoms in total. The summed E-state index contributed by atoms with van der Waals surface area (Å²) < 4.78 is 3.88. The SMILES string of the molecule is CC(=O)OC(=O)C(C)=O.[H-].[H-].[Sr+2]. The van der Waals surface area contributed by atoms with Crippen LogP contribution in [0.25, 0.3) is 0 Å². The van der Waals surface area contributed by atoms with Crippen LogP contribution in [0, 0.1) is 0 Å². The van der Waals surface area contributed by atoms with Crippen molar-refractivity contribution in [1.29, 1.82) is 0 Å². The number of carbonyl (C=O) groups is 3. The maximum absolute atomic E-state index is 10.2. The Morgan fingerprint density at radius 2 is 1.60 bits per heavy atom. The molecule has 0 saturated heterocycles. The minimum atomic E-state index is -1.11. The molecule has 0 atom stereocenters. The second-order valence-electron chi connectivity index (χ2n) is 1.44. The molecule has 54 valence electrons.